The maximum atomic E-state index is 13.5. The number of unbranched alkanes of at least 4 members (excludes halogenated alkanes) is 2. The molecule has 4 aliphatic heterocycles. The van der Waals surface area contributed by atoms with Gasteiger partial charge in [-0.1, -0.05) is 36.8 Å². The highest BCUT2D eigenvalue weighted by atomic mass is 32.2. The molecule has 0 saturated carbocycles. The van der Waals surface area contributed by atoms with E-state index in [0.717, 1.165) is 30.4 Å². The van der Waals surface area contributed by atoms with Gasteiger partial charge < -0.3 is 85.5 Å². The lowest BCUT2D eigenvalue weighted by Gasteiger charge is -2.39. The number of ketones is 1. The van der Waals surface area contributed by atoms with E-state index in [4.69, 9.17) is 33.2 Å². The minimum atomic E-state index is -1.22. The second-order valence-corrected chi connectivity index (χ2v) is 23.2. The zero-order chi connectivity index (χ0) is 63.1. The number of aromatic nitrogens is 2. The number of nitrogens with zero attached hydrogens (tertiary/aromatic N) is 2. The van der Waals surface area contributed by atoms with E-state index in [1.165, 1.54) is 18.9 Å². The molecule has 4 aliphatic rings. The van der Waals surface area contributed by atoms with Crippen LogP contribution < -0.4 is 31.9 Å². The van der Waals surface area contributed by atoms with Crippen LogP contribution in [0, 0.1) is 29.6 Å². The summed E-state index contributed by atoms with van der Waals surface area (Å²) in [6.45, 7) is 9.34. The number of nitrogens with one attached hydrogen (secondary N) is 6. The van der Waals surface area contributed by atoms with E-state index in [0.29, 0.717) is 75.5 Å². The number of hydrogen-bond donors (Lipinski definition) is 10. The highest BCUT2D eigenvalue weighted by molar-refractivity contribution is 7.98. The SMILES string of the molecule is C=C1COC(CC(C(O)CCCCOC2CCC(CC(=O)CC3CO[C@H](CC(O)CNC(=O)CNC(=O)CNC(=O)CNC(=O)CNC(=O)COCCNC(=O)CCCC#Cc4cnc(SC)nc4)[C@@H]3OC)OC2C(O)CO)[C@@H]2CCO[C@H](C)C2=C)C1. The number of ether oxygens (including phenoxy) is 7. The van der Waals surface area contributed by atoms with Crippen LogP contribution in [0.4, 0.5) is 0 Å². The molecule has 0 aliphatic carbocycles. The Morgan fingerprint density at radius 3 is 2.15 bits per heavy atom. The number of carbonyl (C=O) groups excluding carboxylic acids is 7. The van der Waals surface area contributed by atoms with Crippen molar-refractivity contribution in [2.45, 2.75) is 163 Å². The lowest BCUT2D eigenvalue weighted by atomic mass is 9.74. The van der Waals surface area contributed by atoms with Crippen molar-refractivity contribution in [1.82, 2.24) is 41.9 Å². The fourth-order valence-electron chi connectivity index (χ4n) is 10.9. The summed E-state index contributed by atoms with van der Waals surface area (Å²) in [6, 6.07) is 0. The van der Waals surface area contributed by atoms with Gasteiger partial charge in [0.25, 0.3) is 0 Å². The molecule has 1 aromatic rings. The maximum Gasteiger partial charge on any atom is 0.246 e. The van der Waals surface area contributed by atoms with E-state index in [-0.39, 0.29) is 100 Å². The Morgan fingerprint density at radius 2 is 1.49 bits per heavy atom. The van der Waals surface area contributed by atoms with Crippen molar-refractivity contribution in [2.24, 2.45) is 17.8 Å². The van der Waals surface area contributed by atoms with E-state index in [1.807, 2.05) is 13.2 Å². The zero-order valence-electron chi connectivity index (χ0n) is 50.5. The minimum absolute atomic E-state index is 0.0183. The molecule has 0 spiro atoms. The van der Waals surface area contributed by atoms with Crippen molar-refractivity contribution >= 4 is 53.0 Å². The first kappa shape index (κ1) is 72.3. The van der Waals surface area contributed by atoms with Crippen molar-refractivity contribution in [2.75, 3.05) is 98.9 Å². The summed E-state index contributed by atoms with van der Waals surface area (Å²) in [4.78, 5) is 95.0. The number of amides is 6. The van der Waals surface area contributed by atoms with Crippen LogP contribution in [0.1, 0.15) is 102 Å². The number of rotatable bonds is 38. The van der Waals surface area contributed by atoms with Crippen LogP contribution in [0.2, 0.25) is 0 Å². The second kappa shape index (κ2) is 39.5. The van der Waals surface area contributed by atoms with Gasteiger partial charge in [0.05, 0.1) is 107 Å². The molecule has 13 atom stereocenters. The molecule has 486 valence electrons. The molecule has 0 radical (unpaired) electrons. The lowest BCUT2D eigenvalue weighted by Crippen LogP contribution is -2.49. The second-order valence-electron chi connectivity index (χ2n) is 22.4. The Balaban J connectivity index is 0.873. The third-order valence-corrected chi connectivity index (χ3v) is 16.2. The molecule has 9 unspecified atom stereocenters. The van der Waals surface area contributed by atoms with Crippen molar-refractivity contribution in [3.05, 3.63) is 42.3 Å². The summed E-state index contributed by atoms with van der Waals surface area (Å²) in [5.41, 5.74) is 2.76. The number of Topliss-reactive ketones (excluding diaryl/α,β-unsaturated/α-hetero) is 1. The van der Waals surface area contributed by atoms with Gasteiger partial charge in [0.1, 0.15) is 24.6 Å². The molecule has 1 aromatic heterocycles. The summed E-state index contributed by atoms with van der Waals surface area (Å²) in [6.07, 6.45) is 6.06. The number of thioether (sulfide) groups is 1. The molecule has 4 fully saturated rings. The normalized spacial score (nSPS) is 24.1. The Kier molecular flexibility index (Phi) is 32.8. The summed E-state index contributed by atoms with van der Waals surface area (Å²) in [5, 5.41) is 58.2. The largest absolute Gasteiger partial charge is 0.394 e. The quantitative estimate of drug-likeness (QED) is 0.0134. The van der Waals surface area contributed by atoms with Crippen LogP contribution in [-0.4, -0.2) is 232 Å². The summed E-state index contributed by atoms with van der Waals surface area (Å²) in [5.74, 6) is 2.10. The monoisotopic (exact) mass is 1240 g/mol. The topological polar surface area (TPSA) is 363 Å². The maximum absolute atomic E-state index is 13.5. The summed E-state index contributed by atoms with van der Waals surface area (Å²) >= 11 is 1.43. The van der Waals surface area contributed by atoms with Gasteiger partial charge in [-0.25, -0.2) is 9.97 Å². The molecule has 27 heteroatoms. The predicted octanol–water partition coefficient (Wildman–Crippen LogP) is -0.286. The van der Waals surface area contributed by atoms with Gasteiger partial charge in [0.2, 0.25) is 35.4 Å². The van der Waals surface area contributed by atoms with Gasteiger partial charge in [-0.05, 0) is 93.9 Å². The van der Waals surface area contributed by atoms with Crippen LogP contribution in [0.3, 0.4) is 0 Å². The van der Waals surface area contributed by atoms with Crippen LogP contribution in [0.25, 0.3) is 0 Å². The van der Waals surface area contributed by atoms with Gasteiger partial charge in [-0.2, -0.15) is 0 Å². The molecular weight excluding hydrogens is 1150 g/mol. The van der Waals surface area contributed by atoms with Crippen molar-refractivity contribution in [1.29, 1.82) is 0 Å². The van der Waals surface area contributed by atoms with Crippen LogP contribution in [0.5, 0.6) is 0 Å². The molecule has 0 bridgehead atoms. The summed E-state index contributed by atoms with van der Waals surface area (Å²) in [7, 11) is 1.49. The highest BCUT2D eigenvalue weighted by Gasteiger charge is 2.42. The zero-order valence-corrected chi connectivity index (χ0v) is 51.3. The molecule has 26 nitrogen and oxygen atoms in total. The number of methoxy groups -OCH3 is 1. The Bertz CT molecular complexity index is 2450. The molecule has 4 saturated heterocycles. The average Bonchev–Trinajstić information content (AvgIpc) is 3.39. The summed E-state index contributed by atoms with van der Waals surface area (Å²) < 4.78 is 41.1. The standard InChI is InChI=1S/C60H92N8O18S/c1-37-21-45(84-34-37)25-47(46-16-19-82-39(3)38(46)2)48(72)12-9-10-18-83-50-15-14-44(86-59(50)49(73)33-69)23-42(70)22-41-35-85-51(58(41)80-4)24-43(71)28-62-53(75)29-63-54(76)30-64-55(77)31-65-56(78)32-66-57(79)36-81-20-17-61-52(74)13-8-6-7-11-40-26-67-60(87-5)68-27-40/h26-27,39,41,43-51,58-59,69,71-73H,1-2,6,8-10,12-25,28-36H2,3-5H3,(H,61,74)(H,62,75)(H,63,76)(H,64,77)(H,65,78)(H,66,79)/t39-,41?,43?,44?,45?,46-,47?,48?,49?,50?,51-,58-,59?/m1/s1. The van der Waals surface area contributed by atoms with E-state index in [2.05, 4.69) is 66.9 Å². The molecule has 5 heterocycles. The Morgan fingerprint density at radius 1 is 0.805 bits per heavy atom. The highest BCUT2D eigenvalue weighted by Crippen LogP contribution is 2.39. The fraction of sp³-hybridized carbons (Fsp3) is 0.717. The minimum Gasteiger partial charge on any atom is -0.394 e. The predicted molar refractivity (Wildman–Crippen MR) is 317 cm³/mol. The molecule has 0 aromatic carbocycles. The number of carbonyl (C=O) groups is 7. The Labute approximate surface area is 513 Å². The molecule has 6 amide bonds. The molecule has 87 heavy (non-hydrogen) atoms. The van der Waals surface area contributed by atoms with Crippen LogP contribution >= 0.6 is 11.8 Å². The Hall–Kier alpha value is -5.48. The number of aliphatic hydroxyl groups excluding tert-OH is 4. The molecule has 5 rings (SSSR count). The van der Waals surface area contributed by atoms with Crippen LogP contribution in [0.15, 0.2) is 41.9 Å². The van der Waals surface area contributed by atoms with Gasteiger partial charge in [-0.3, -0.25) is 33.6 Å². The number of hydrogen-bond acceptors (Lipinski definition) is 21. The smallest absolute Gasteiger partial charge is 0.246 e. The first-order valence-corrected chi connectivity index (χ1v) is 31.3. The van der Waals surface area contributed by atoms with E-state index >= 15 is 0 Å². The molecular formula is C60H92N8O18S. The van der Waals surface area contributed by atoms with E-state index in [9.17, 15) is 54.0 Å². The number of aliphatic hydroxyl groups is 4. The van der Waals surface area contributed by atoms with Gasteiger partial charge in [-0.15, -0.1) is 0 Å². The van der Waals surface area contributed by atoms with Crippen molar-refractivity contribution in [3.63, 3.8) is 0 Å². The van der Waals surface area contributed by atoms with Gasteiger partial charge in [0.15, 0.2) is 5.16 Å². The van der Waals surface area contributed by atoms with Gasteiger partial charge >= 0.3 is 0 Å². The van der Waals surface area contributed by atoms with Gasteiger partial charge in [0, 0.05) is 83.8 Å². The van der Waals surface area contributed by atoms with Crippen molar-refractivity contribution in [3.8, 4) is 11.8 Å². The lowest BCUT2D eigenvalue weighted by molar-refractivity contribution is -0.185. The molecule has 10 N–H and O–H groups in total. The first-order chi connectivity index (χ1) is 41.8. The average molecular weight is 1250 g/mol. The van der Waals surface area contributed by atoms with E-state index in [1.54, 1.807) is 12.4 Å². The van der Waals surface area contributed by atoms with Crippen molar-refractivity contribution < 1.29 is 87.1 Å². The van der Waals surface area contributed by atoms with E-state index < -0.39 is 111 Å². The fourth-order valence-corrected chi connectivity index (χ4v) is 11.3. The third-order valence-electron chi connectivity index (χ3n) is 15.6. The van der Waals surface area contributed by atoms with Crippen LogP contribution in [-0.2, 0) is 66.7 Å². The third kappa shape index (κ3) is 26.6. The first-order valence-electron chi connectivity index (χ1n) is 30.1.